The summed E-state index contributed by atoms with van der Waals surface area (Å²) >= 11 is 1.63. The lowest BCUT2D eigenvalue weighted by atomic mass is 10.3. The third-order valence-corrected chi connectivity index (χ3v) is 4.56. The van der Waals surface area contributed by atoms with E-state index in [1.807, 2.05) is 0 Å². The fourth-order valence-electron chi connectivity index (χ4n) is 1.66. The summed E-state index contributed by atoms with van der Waals surface area (Å²) in [4.78, 5) is 10.8. The summed E-state index contributed by atoms with van der Waals surface area (Å²) in [6, 6.07) is 2.09. The number of aromatic nitrogens is 2. The highest BCUT2D eigenvalue weighted by Crippen LogP contribution is 2.30. The van der Waals surface area contributed by atoms with Gasteiger partial charge in [-0.05, 0) is 12.5 Å². The molecule has 19 heavy (non-hydrogen) atoms. The number of anilines is 2. The van der Waals surface area contributed by atoms with Gasteiger partial charge in [-0.2, -0.15) is 4.98 Å². The second-order valence-corrected chi connectivity index (χ2v) is 6.70. The van der Waals surface area contributed by atoms with Crippen LogP contribution in [0.1, 0.15) is 11.8 Å². The Kier molecular flexibility index (Phi) is 4.67. The first-order valence-corrected chi connectivity index (χ1v) is 8.49. The van der Waals surface area contributed by atoms with Crippen LogP contribution in [-0.4, -0.2) is 32.7 Å². The summed E-state index contributed by atoms with van der Waals surface area (Å²) in [5, 5.41) is 4.19. The Morgan fingerprint density at radius 3 is 2.89 bits per heavy atom. The number of nitrogen functional groups attached to an aromatic ring is 1. The van der Waals surface area contributed by atoms with Crippen molar-refractivity contribution in [3.63, 3.8) is 0 Å². The maximum Gasteiger partial charge on any atom is 0.240 e. The number of aryl methyl sites for hydroxylation is 1. The number of hydrogen-bond donors (Lipinski definition) is 3. The van der Waals surface area contributed by atoms with Gasteiger partial charge in [0.1, 0.15) is 10.6 Å². The van der Waals surface area contributed by atoms with Gasteiger partial charge in [-0.1, -0.05) is 6.92 Å². The van der Waals surface area contributed by atoms with Gasteiger partial charge in [0.15, 0.2) is 0 Å². The second kappa shape index (κ2) is 6.27. The third kappa shape index (κ3) is 3.40. The average Bonchev–Trinajstić information content (AvgIpc) is 2.81. The van der Waals surface area contributed by atoms with Crippen LogP contribution in [0, 0.1) is 0 Å². The molecule has 6 nitrogen and oxygen atoms in total. The average molecular weight is 299 g/mol. The van der Waals surface area contributed by atoms with Gasteiger partial charge >= 0.3 is 0 Å². The van der Waals surface area contributed by atoms with Crippen LogP contribution < -0.4 is 16.6 Å². The topological polar surface area (TPSA) is 92.9 Å². The van der Waals surface area contributed by atoms with Gasteiger partial charge in [0.05, 0.1) is 5.39 Å². The van der Waals surface area contributed by atoms with E-state index in [0.717, 1.165) is 22.5 Å². The van der Waals surface area contributed by atoms with E-state index in [-0.39, 0.29) is 0 Å². The Balaban J connectivity index is 2.33. The lowest BCUT2D eigenvalue weighted by Gasteiger charge is -2.07. The molecule has 0 amide bonds. The molecule has 4 N–H and O–H groups in total. The highest BCUT2D eigenvalue weighted by atomic mass is 32.2. The first-order valence-electron chi connectivity index (χ1n) is 5.95. The molecule has 1 atom stereocenters. The van der Waals surface area contributed by atoms with Crippen LogP contribution in [0.5, 0.6) is 0 Å². The van der Waals surface area contributed by atoms with Crippen LogP contribution in [-0.2, 0) is 17.2 Å². The molecule has 0 fully saturated rings. The Bertz CT molecular complexity index is 598. The summed E-state index contributed by atoms with van der Waals surface area (Å²) in [6.07, 6.45) is 2.65. The fraction of sp³-hybridized carbons (Fsp3) is 0.455. The first kappa shape index (κ1) is 14.2. The first-order chi connectivity index (χ1) is 9.13. The van der Waals surface area contributed by atoms with Crippen molar-refractivity contribution in [2.45, 2.75) is 13.3 Å². The van der Waals surface area contributed by atoms with Crippen LogP contribution in [0.15, 0.2) is 6.07 Å². The molecule has 2 aromatic rings. The summed E-state index contributed by atoms with van der Waals surface area (Å²) < 4.78 is 11.1. The largest absolute Gasteiger partial charge is 0.368 e. The van der Waals surface area contributed by atoms with Crippen molar-refractivity contribution in [3.8, 4) is 0 Å². The molecule has 2 aromatic heterocycles. The van der Waals surface area contributed by atoms with Crippen molar-refractivity contribution < 1.29 is 4.21 Å². The summed E-state index contributed by atoms with van der Waals surface area (Å²) in [5.74, 6) is 7.09. The van der Waals surface area contributed by atoms with E-state index in [0.29, 0.717) is 18.2 Å². The van der Waals surface area contributed by atoms with E-state index < -0.39 is 10.8 Å². The van der Waals surface area contributed by atoms with Gasteiger partial charge < -0.3 is 5.32 Å². The van der Waals surface area contributed by atoms with Crippen LogP contribution in [0.3, 0.4) is 0 Å². The minimum Gasteiger partial charge on any atom is -0.368 e. The minimum absolute atomic E-state index is 0.386. The maximum atomic E-state index is 11.1. The SMILES string of the molecule is CCc1cc2c(NCCS(C)=O)nc(NN)nc2s1. The molecule has 0 aromatic carbocycles. The number of fused-ring (bicyclic) bond motifs is 1. The molecule has 2 heterocycles. The Labute approximate surface area is 118 Å². The smallest absolute Gasteiger partial charge is 0.240 e. The van der Waals surface area contributed by atoms with Crippen molar-refractivity contribution in [1.82, 2.24) is 9.97 Å². The molecular weight excluding hydrogens is 282 g/mol. The molecule has 1 unspecified atom stereocenters. The van der Waals surface area contributed by atoms with Crippen molar-refractivity contribution in [1.29, 1.82) is 0 Å². The number of rotatable bonds is 6. The number of thiophene rings is 1. The zero-order valence-corrected chi connectivity index (χ0v) is 12.5. The predicted octanol–water partition coefficient (Wildman–Crippen LogP) is 1.33. The van der Waals surface area contributed by atoms with E-state index in [1.54, 1.807) is 17.6 Å². The molecule has 0 aliphatic rings. The monoisotopic (exact) mass is 299 g/mol. The van der Waals surface area contributed by atoms with Gasteiger partial charge in [0.25, 0.3) is 0 Å². The van der Waals surface area contributed by atoms with Crippen LogP contribution in [0.2, 0.25) is 0 Å². The van der Waals surface area contributed by atoms with Crippen molar-refractivity contribution in [2.75, 3.05) is 29.3 Å². The molecule has 8 heteroatoms. The van der Waals surface area contributed by atoms with Crippen LogP contribution in [0.4, 0.5) is 11.8 Å². The molecule has 0 aliphatic heterocycles. The molecule has 0 bridgehead atoms. The van der Waals surface area contributed by atoms with Gasteiger partial charge in [0, 0.05) is 34.2 Å². The highest BCUT2D eigenvalue weighted by Gasteiger charge is 2.10. The van der Waals surface area contributed by atoms with E-state index >= 15 is 0 Å². The molecule has 0 aliphatic carbocycles. The molecule has 0 saturated heterocycles. The zero-order chi connectivity index (χ0) is 13.8. The Morgan fingerprint density at radius 1 is 1.47 bits per heavy atom. The van der Waals surface area contributed by atoms with Gasteiger partial charge in [-0.25, -0.2) is 10.8 Å². The van der Waals surface area contributed by atoms with Gasteiger partial charge in [-0.3, -0.25) is 9.63 Å². The summed E-state index contributed by atoms with van der Waals surface area (Å²) in [6.45, 7) is 2.71. The number of nitrogens with one attached hydrogen (secondary N) is 2. The van der Waals surface area contributed by atoms with Crippen LogP contribution >= 0.6 is 11.3 Å². The number of nitrogens with zero attached hydrogens (tertiary/aromatic N) is 2. The molecule has 0 spiro atoms. The lowest BCUT2D eigenvalue weighted by molar-refractivity contribution is 0.687. The van der Waals surface area contributed by atoms with E-state index in [1.165, 1.54) is 4.88 Å². The summed E-state index contributed by atoms with van der Waals surface area (Å²) in [7, 11) is -0.820. The van der Waals surface area contributed by atoms with E-state index in [4.69, 9.17) is 5.84 Å². The summed E-state index contributed by atoms with van der Waals surface area (Å²) in [5.41, 5.74) is 2.47. The van der Waals surface area contributed by atoms with E-state index in [9.17, 15) is 4.21 Å². The molecule has 0 radical (unpaired) electrons. The number of nitrogens with two attached hydrogens (primary N) is 1. The molecule has 2 rings (SSSR count). The third-order valence-electron chi connectivity index (χ3n) is 2.60. The predicted molar refractivity (Wildman–Crippen MR) is 82.0 cm³/mol. The van der Waals surface area contributed by atoms with E-state index in [2.05, 4.69) is 33.7 Å². The number of hydrazine groups is 1. The lowest BCUT2D eigenvalue weighted by Crippen LogP contribution is -2.14. The fourth-order valence-corrected chi connectivity index (χ4v) is 3.01. The minimum atomic E-state index is -0.820. The Morgan fingerprint density at radius 2 is 2.26 bits per heavy atom. The quantitative estimate of drug-likeness (QED) is 0.550. The van der Waals surface area contributed by atoms with Gasteiger partial charge in [0.2, 0.25) is 5.95 Å². The maximum absolute atomic E-state index is 11.1. The highest BCUT2D eigenvalue weighted by molar-refractivity contribution is 7.84. The molecular formula is C11H17N5OS2. The zero-order valence-electron chi connectivity index (χ0n) is 10.9. The van der Waals surface area contributed by atoms with Crippen molar-refractivity contribution in [3.05, 3.63) is 10.9 Å². The van der Waals surface area contributed by atoms with Gasteiger partial charge in [-0.15, -0.1) is 11.3 Å². The standard InChI is InChI=1S/C11H17N5OS2/c1-3-7-6-8-9(13-4-5-19(2)17)14-11(16-12)15-10(8)18-7/h6H,3-5,12H2,1-2H3,(H2,13,14,15,16). The number of hydrogen-bond acceptors (Lipinski definition) is 7. The molecule has 104 valence electrons. The normalized spacial score (nSPS) is 12.6. The molecule has 0 saturated carbocycles. The van der Waals surface area contributed by atoms with Crippen molar-refractivity contribution >= 4 is 44.1 Å². The Hall–Kier alpha value is -1.25. The second-order valence-electron chi connectivity index (χ2n) is 4.03. The van der Waals surface area contributed by atoms with Crippen LogP contribution in [0.25, 0.3) is 10.2 Å². The van der Waals surface area contributed by atoms with Crippen molar-refractivity contribution in [2.24, 2.45) is 5.84 Å².